The molecule has 0 N–H and O–H groups in total. The highest BCUT2D eigenvalue weighted by Crippen LogP contribution is 2.82. The summed E-state index contributed by atoms with van der Waals surface area (Å²) < 4.78 is 11.3. The number of carbonyl (C=O) groups is 1. The highest BCUT2D eigenvalue weighted by atomic mass is 16.5. The van der Waals surface area contributed by atoms with Crippen molar-refractivity contribution in [1.82, 2.24) is 4.98 Å². The number of ether oxygens (including phenoxy) is 2. The number of pyridine rings is 1. The van der Waals surface area contributed by atoms with Gasteiger partial charge in [-0.2, -0.15) is 0 Å². The van der Waals surface area contributed by atoms with Crippen LogP contribution in [0.4, 0.5) is 0 Å². The normalized spacial score (nSPS) is 46.4. The highest BCUT2D eigenvalue weighted by Gasteiger charge is 2.77. The van der Waals surface area contributed by atoms with Crippen LogP contribution < -0.4 is 0 Å². The standard InChI is InChI=1S/C31H43NO3/c1-19(8-11-26-21(28(33)35-5)7-6-16-32-26)23-9-10-24-22-17-27(34-4)31-18-20(31)12-15-30(31,3)25(22)13-14-29(23,24)2/h6-8,11,16,19-20,22-25,27H,9-10,12-15,17-18H2,1-5H3/b11-8+/t19-,20-,22+,23-,24+,25+,27?,29-,30-,31?/m1/s1. The maximum Gasteiger partial charge on any atom is 0.340 e. The Morgan fingerprint density at radius 3 is 2.71 bits per heavy atom. The summed E-state index contributed by atoms with van der Waals surface area (Å²) in [5, 5.41) is 0. The molecule has 1 heterocycles. The molecule has 0 saturated heterocycles. The van der Waals surface area contributed by atoms with Gasteiger partial charge in [-0.05, 0) is 116 Å². The van der Waals surface area contributed by atoms with Gasteiger partial charge in [0.1, 0.15) is 0 Å². The first kappa shape index (κ1) is 23.7. The summed E-state index contributed by atoms with van der Waals surface area (Å²) in [6.07, 6.45) is 17.6. The average molecular weight is 478 g/mol. The maximum atomic E-state index is 12.2. The lowest BCUT2D eigenvalue weighted by atomic mass is 9.45. The lowest BCUT2D eigenvalue weighted by Crippen LogP contribution is -2.57. The van der Waals surface area contributed by atoms with Gasteiger partial charge in [-0.3, -0.25) is 4.98 Å². The Balaban J connectivity index is 1.24. The minimum atomic E-state index is -0.322. The van der Waals surface area contributed by atoms with Gasteiger partial charge in [0.05, 0.1) is 24.5 Å². The number of carbonyl (C=O) groups excluding carboxylic acids is 1. The number of aromatic nitrogens is 1. The zero-order valence-corrected chi connectivity index (χ0v) is 22.3. The minimum Gasteiger partial charge on any atom is -0.465 e. The smallest absolute Gasteiger partial charge is 0.340 e. The van der Waals surface area contributed by atoms with Crippen LogP contribution in [-0.4, -0.2) is 31.3 Å². The van der Waals surface area contributed by atoms with E-state index in [0.717, 1.165) is 23.7 Å². The largest absolute Gasteiger partial charge is 0.465 e. The van der Waals surface area contributed by atoms with Crippen molar-refractivity contribution in [3.8, 4) is 0 Å². The first-order chi connectivity index (χ1) is 16.8. The number of nitrogens with zero attached hydrogens (tertiary/aromatic N) is 1. The Bertz CT molecular complexity index is 1040. The Hall–Kier alpha value is -1.68. The molecule has 0 aliphatic heterocycles. The van der Waals surface area contributed by atoms with Gasteiger partial charge in [0.2, 0.25) is 0 Å². The van der Waals surface area contributed by atoms with Crippen LogP contribution in [0.2, 0.25) is 0 Å². The molecule has 5 aliphatic rings. The molecule has 1 spiro atoms. The predicted molar refractivity (Wildman–Crippen MR) is 138 cm³/mol. The van der Waals surface area contributed by atoms with E-state index in [4.69, 9.17) is 9.47 Å². The lowest BCUT2D eigenvalue weighted by molar-refractivity contribution is -0.160. The number of fused-ring (bicyclic) bond motifs is 4. The Morgan fingerprint density at radius 2 is 1.97 bits per heavy atom. The summed E-state index contributed by atoms with van der Waals surface area (Å²) in [5.41, 5.74) is 2.64. The van der Waals surface area contributed by atoms with Gasteiger partial charge in [-0.25, -0.2) is 4.79 Å². The molecule has 1 aromatic rings. The highest BCUT2D eigenvalue weighted by molar-refractivity contribution is 5.92. The molecule has 0 aromatic carbocycles. The van der Waals surface area contributed by atoms with Gasteiger partial charge in [-0.15, -0.1) is 0 Å². The quantitative estimate of drug-likeness (QED) is 0.438. The van der Waals surface area contributed by atoms with Crippen molar-refractivity contribution in [3.63, 3.8) is 0 Å². The van der Waals surface area contributed by atoms with Crippen molar-refractivity contribution in [2.45, 2.75) is 78.2 Å². The van der Waals surface area contributed by atoms with Crippen molar-refractivity contribution in [2.24, 2.45) is 51.8 Å². The molecule has 4 nitrogen and oxygen atoms in total. The van der Waals surface area contributed by atoms with Gasteiger partial charge >= 0.3 is 5.97 Å². The molecule has 2 unspecified atom stereocenters. The molecule has 4 heteroatoms. The molecule has 6 rings (SSSR count). The molecule has 10 atom stereocenters. The van der Waals surface area contributed by atoms with Gasteiger partial charge in [-0.1, -0.05) is 26.8 Å². The third kappa shape index (κ3) is 3.14. The molecule has 5 saturated carbocycles. The molecule has 0 bridgehead atoms. The van der Waals surface area contributed by atoms with Crippen LogP contribution in [-0.2, 0) is 9.47 Å². The minimum absolute atomic E-state index is 0.322. The second-order valence-corrected chi connectivity index (χ2v) is 13.1. The SMILES string of the molecule is COC(=O)c1cccnc1/C=C/[C@@H](C)[C@H]1CC[C@H]2[C@@H]3CC(OC)C45C[C@H]4CC[C@]5(C)[C@H]3CC[C@]12C. The number of methoxy groups -OCH3 is 2. The first-order valence-corrected chi connectivity index (χ1v) is 14.0. The van der Waals surface area contributed by atoms with Crippen molar-refractivity contribution in [1.29, 1.82) is 0 Å². The molecular weight excluding hydrogens is 434 g/mol. The summed E-state index contributed by atoms with van der Waals surface area (Å²) in [5.74, 6) is 4.27. The van der Waals surface area contributed by atoms with E-state index in [1.807, 2.05) is 7.11 Å². The fraction of sp³-hybridized carbons (Fsp3) is 0.742. The van der Waals surface area contributed by atoms with Crippen LogP contribution in [0.25, 0.3) is 6.08 Å². The molecular formula is C31H43NO3. The fourth-order valence-corrected chi connectivity index (χ4v) is 10.7. The van der Waals surface area contributed by atoms with Crippen LogP contribution >= 0.6 is 0 Å². The third-order valence-corrected chi connectivity index (χ3v) is 12.3. The summed E-state index contributed by atoms with van der Waals surface area (Å²) in [6, 6.07) is 3.60. The molecule has 0 amide bonds. The van der Waals surface area contributed by atoms with E-state index in [9.17, 15) is 4.79 Å². The van der Waals surface area contributed by atoms with Crippen LogP contribution in [0, 0.1) is 51.8 Å². The average Bonchev–Trinajstić information content (AvgIpc) is 3.38. The van der Waals surface area contributed by atoms with Crippen molar-refractivity contribution in [2.75, 3.05) is 14.2 Å². The van der Waals surface area contributed by atoms with E-state index in [0.29, 0.717) is 45.4 Å². The first-order valence-electron chi connectivity index (χ1n) is 14.0. The molecule has 5 aliphatic carbocycles. The van der Waals surface area contributed by atoms with E-state index in [-0.39, 0.29) is 5.97 Å². The summed E-state index contributed by atoms with van der Waals surface area (Å²) in [4.78, 5) is 16.6. The number of allylic oxidation sites excluding steroid dienone is 1. The van der Waals surface area contributed by atoms with E-state index in [1.165, 1.54) is 58.5 Å². The topological polar surface area (TPSA) is 48.4 Å². The van der Waals surface area contributed by atoms with Crippen LogP contribution in [0.3, 0.4) is 0 Å². The number of hydrogen-bond donors (Lipinski definition) is 0. The second-order valence-electron chi connectivity index (χ2n) is 13.1. The second kappa shape index (κ2) is 8.16. The molecule has 35 heavy (non-hydrogen) atoms. The zero-order valence-electron chi connectivity index (χ0n) is 22.3. The molecule has 5 fully saturated rings. The van der Waals surface area contributed by atoms with Crippen LogP contribution in [0.15, 0.2) is 24.4 Å². The van der Waals surface area contributed by atoms with E-state index in [1.54, 1.807) is 18.3 Å². The van der Waals surface area contributed by atoms with E-state index >= 15 is 0 Å². The predicted octanol–water partition coefficient (Wildman–Crippen LogP) is 6.80. The summed E-state index contributed by atoms with van der Waals surface area (Å²) in [7, 11) is 3.41. The van der Waals surface area contributed by atoms with E-state index in [2.05, 4.69) is 37.9 Å². The maximum absolute atomic E-state index is 12.2. The Morgan fingerprint density at radius 1 is 1.14 bits per heavy atom. The van der Waals surface area contributed by atoms with Crippen molar-refractivity contribution >= 4 is 12.0 Å². The third-order valence-electron chi connectivity index (χ3n) is 12.3. The van der Waals surface area contributed by atoms with Gasteiger partial charge in [0, 0.05) is 18.7 Å². The van der Waals surface area contributed by atoms with Crippen molar-refractivity contribution in [3.05, 3.63) is 35.7 Å². The van der Waals surface area contributed by atoms with Crippen LogP contribution in [0.5, 0.6) is 0 Å². The number of esters is 1. The number of rotatable bonds is 5. The van der Waals surface area contributed by atoms with Gasteiger partial charge in [0.15, 0.2) is 0 Å². The van der Waals surface area contributed by atoms with Gasteiger partial charge < -0.3 is 9.47 Å². The van der Waals surface area contributed by atoms with Crippen molar-refractivity contribution < 1.29 is 14.3 Å². The lowest BCUT2D eigenvalue weighted by Gasteiger charge is -2.61. The molecule has 190 valence electrons. The number of hydrogen-bond acceptors (Lipinski definition) is 4. The van der Waals surface area contributed by atoms with Gasteiger partial charge in [0.25, 0.3) is 0 Å². The zero-order chi connectivity index (χ0) is 24.6. The summed E-state index contributed by atoms with van der Waals surface area (Å²) >= 11 is 0. The Kier molecular flexibility index (Phi) is 5.53. The van der Waals surface area contributed by atoms with E-state index < -0.39 is 0 Å². The molecule has 0 radical (unpaired) electrons. The Labute approximate surface area is 211 Å². The summed E-state index contributed by atoms with van der Waals surface area (Å²) in [6.45, 7) is 7.65. The van der Waals surface area contributed by atoms with Crippen LogP contribution in [0.1, 0.15) is 88.2 Å². The molecule has 1 aromatic heterocycles. The fourth-order valence-electron chi connectivity index (χ4n) is 10.7. The monoisotopic (exact) mass is 477 g/mol.